The van der Waals surface area contributed by atoms with Gasteiger partial charge < -0.3 is 4.90 Å². The van der Waals surface area contributed by atoms with E-state index in [-0.39, 0.29) is 11.9 Å². The Balaban J connectivity index is 1.62. The van der Waals surface area contributed by atoms with Gasteiger partial charge in [-0.3, -0.25) is 9.89 Å². The number of hydrogen-bond acceptors (Lipinski definition) is 5. The first kappa shape index (κ1) is 12.7. The molecule has 19 heavy (non-hydrogen) atoms. The first-order valence-electron chi connectivity index (χ1n) is 6.15. The van der Waals surface area contributed by atoms with Crippen LogP contribution >= 0.6 is 23.1 Å². The number of thioether (sulfide) groups is 1. The first-order chi connectivity index (χ1) is 9.34. The molecule has 1 N–H and O–H groups in total. The number of carbonyl (C=O) groups is 1. The van der Waals surface area contributed by atoms with E-state index in [1.54, 1.807) is 11.3 Å². The summed E-state index contributed by atoms with van der Waals surface area (Å²) in [6.07, 6.45) is 3.61. The molecule has 0 aromatic carbocycles. The molecule has 0 unspecified atom stereocenters. The highest BCUT2D eigenvalue weighted by atomic mass is 32.2. The fourth-order valence-electron chi connectivity index (χ4n) is 2.32. The molecule has 0 spiro atoms. The van der Waals surface area contributed by atoms with E-state index in [1.807, 2.05) is 11.0 Å². The van der Waals surface area contributed by atoms with Crippen molar-refractivity contribution in [1.29, 1.82) is 0 Å². The minimum Gasteiger partial charge on any atom is -0.334 e. The summed E-state index contributed by atoms with van der Waals surface area (Å²) < 4.78 is 0. The van der Waals surface area contributed by atoms with Crippen LogP contribution in [-0.4, -0.2) is 38.3 Å². The number of rotatable bonds is 4. The molecule has 5 nitrogen and oxygen atoms in total. The Kier molecular flexibility index (Phi) is 3.84. The summed E-state index contributed by atoms with van der Waals surface area (Å²) >= 11 is 3.13. The highest BCUT2D eigenvalue weighted by Crippen LogP contribution is 2.34. The van der Waals surface area contributed by atoms with Crippen LogP contribution in [0.4, 0.5) is 0 Å². The smallest absolute Gasteiger partial charge is 0.233 e. The largest absolute Gasteiger partial charge is 0.334 e. The summed E-state index contributed by atoms with van der Waals surface area (Å²) in [7, 11) is 0. The van der Waals surface area contributed by atoms with Crippen LogP contribution in [0.25, 0.3) is 0 Å². The molecule has 1 aliphatic heterocycles. The molecular weight excluding hydrogens is 280 g/mol. The fraction of sp³-hybridized carbons (Fsp3) is 0.417. The van der Waals surface area contributed by atoms with Gasteiger partial charge in [-0.2, -0.15) is 5.10 Å². The maximum absolute atomic E-state index is 12.3. The van der Waals surface area contributed by atoms with Crippen LogP contribution in [-0.2, 0) is 4.79 Å². The summed E-state index contributed by atoms with van der Waals surface area (Å²) in [6, 6.07) is 4.43. The van der Waals surface area contributed by atoms with Gasteiger partial charge in [-0.1, -0.05) is 17.8 Å². The van der Waals surface area contributed by atoms with Crippen molar-refractivity contribution in [3.8, 4) is 0 Å². The fourth-order valence-corrected chi connectivity index (χ4v) is 3.86. The minimum absolute atomic E-state index is 0.178. The molecule has 1 atom stereocenters. The van der Waals surface area contributed by atoms with Gasteiger partial charge in [0.2, 0.25) is 5.91 Å². The highest BCUT2D eigenvalue weighted by molar-refractivity contribution is 7.99. The van der Waals surface area contributed by atoms with Gasteiger partial charge in [0.15, 0.2) is 5.16 Å². The molecule has 1 saturated heterocycles. The Labute approximate surface area is 119 Å². The molecule has 2 aromatic heterocycles. The summed E-state index contributed by atoms with van der Waals surface area (Å²) in [6.45, 7) is 0.859. The summed E-state index contributed by atoms with van der Waals surface area (Å²) in [5, 5.41) is 9.29. The molecule has 3 heterocycles. The second kappa shape index (κ2) is 5.75. The third-order valence-electron chi connectivity index (χ3n) is 3.17. The van der Waals surface area contributed by atoms with Gasteiger partial charge in [-0.15, -0.1) is 11.3 Å². The highest BCUT2D eigenvalue weighted by Gasteiger charge is 2.30. The molecule has 2 aromatic rings. The summed E-state index contributed by atoms with van der Waals surface area (Å²) in [5.74, 6) is 0.592. The lowest BCUT2D eigenvalue weighted by Crippen LogP contribution is -2.31. The van der Waals surface area contributed by atoms with Crippen molar-refractivity contribution in [2.75, 3.05) is 12.3 Å². The molecule has 1 fully saturated rings. The quantitative estimate of drug-likeness (QED) is 0.879. The molecule has 100 valence electrons. The van der Waals surface area contributed by atoms with Crippen molar-refractivity contribution in [2.45, 2.75) is 24.0 Å². The number of nitrogens with zero attached hydrogens (tertiary/aromatic N) is 3. The van der Waals surface area contributed by atoms with Crippen molar-refractivity contribution in [3.63, 3.8) is 0 Å². The van der Waals surface area contributed by atoms with E-state index >= 15 is 0 Å². The number of carbonyl (C=O) groups excluding carboxylic acids is 1. The molecule has 1 aliphatic rings. The normalized spacial score (nSPS) is 18.9. The molecule has 0 aliphatic carbocycles. The number of aromatic nitrogens is 3. The second-order valence-electron chi connectivity index (χ2n) is 4.34. The molecule has 0 bridgehead atoms. The molecular formula is C12H14N4OS2. The third kappa shape index (κ3) is 2.82. The van der Waals surface area contributed by atoms with E-state index in [0.29, 0.717) is 10.9 Å². The van der Waals surface area contributed by atoms with Crippen molar-refractivity contribution in [3.05, 3.63) is 28.7 Å². The third-order valence-corrected chi connectivity index (χ3v) is 5.00. The lowest BCUT2D eigenvalue weighted by molar-refractivity contribution is -0.129. The zero-order chi connectivity index (χ0) is 13.1. The van der Waals surface area contributed by atoms with E-state index in [2.05, 4.69) is 26.6 Å². The van der Waals surface area contributed by atoms with Crippen LogP contribution in [0.5, 0.6) is 0 Å². The van der Waals surface area contributed by atoms with E-state index in [1.165, 1.54) is 23.0 Å². The van der Waals surface area contributed by atoms with Crippen LogP contribution in [0.2, 0.25) is 0 Å². The number of hydrogen-bond donors (Lipinski definition) is 1. The van der Waals surface area contributed by atoms with Gasteiger partial charge in [0.1, 0.15) is 6.33 Å². The average Bonchev–Trinajstić information content (AvgIpc) is 3.14. The van der Waals surface area contributed by atoms with Crippen LogP contribution in [0, 0.1) is 0 Å². The Morgan fingerprint density at radius 1 is 1.63 bits per heavy atom. The number of amides is 1. The second-order valence-corrected chi connectivity index (χ2v) is 6.28. The number of nitrogens with one attached hydrogen (secondary N) is 1. The summed E-state index contributed by atoms with van der Waals surface area (Å²) in [4.78, 5) is 19.6. The van der Waals surface area contributed by atoms with Gasteiger partial charge in [0.25, 0.3) is 0 Å². The maximum atomic E-state index is 12.3. The minimum atomic E-state index is 0.178. The van der Waals surface area contributed by atoms with Gasteiger partial charge in [-0.25, -0.2) is 4.98 Å². The Morgan fingerprint density at radius 2 is 2.58 bits per heavy atom. The predicted molar refractivity (Wildman–Crippen MR) is 75.1 cm³/mol. The Hall–Kier alpha value is -1.34. The van der Waals surface area contributed by atoms with Crippen LogP contribution in [0.15, 0.2) is 29.0 Å². The van der Waals surface area contributed by atoms with Crippen LogP contribution in [0.3, 0.4) is 0 Å². The standard InChI is InChI=1S/C12H14N4OS2/c17-11(7-19-12-13-8-14-15-12)16-5-1-3-9(16)10-4-2-6-18-10/h2,4,6,8-9H,1,3,5,7H2,(H,13,14,15)/t9-/m1/s1. The van der Waals surface area contributed by atoms with E-state index in [4.69, 9.17) is 0 Å². The zero-order valence-corrected chi connectivity index (χ0v) is 11.9. The number of H-pyrrole nitrogens is 1. The van der Waals surface area contributed by atoms with Gasteiger partial charge in [-0.05, 0) is 24.3 Å². The van der Waals surface area contributed by atoms with Gasteiger partial charge in [0, 0.05) is 11.4 Å². The molecule has 0 saturated carbocycles. The van der Waals surface area contributed by atoms with Gasteiger partial charge >= 0.3 is 0 Å². The van der Waals surface area contributed by atoms with E-state index < -0.39 is 0 Å². The lowest BCUT2D eigenvalue weighted by Gasteiger charge is -2.23. The van der Waals surface area contributed by atoms with Crippen LogP contribution in [0.1, 0.15) is 23.8 Å². The molecule has 3 rings (SSSR count). The molecule has 0 radical (unpaired) electrons. The van der Waals surface area contributed by atoms with E-state index in [0.717, 1.165) is 19.4 Å². The Bertz CT molecular complexity index is 526. The SMILES string of the molecule is O=C(CSc1ncn[nH]1)N1CCC[C@@H]1c1cccs1. The molecule has 7 heteroatoms. The predicted octanol–water partition coefficient (Wildman–Crippen LogP) is 2.32. The van der Waals surface area contributed by atoms with E-state index in [9.17, 15) is 4.79 Å². The topological polar surface area (TPSA) is 61.9 Å². The van der Waals surface area contributed by atoms with Crippen molar-refractivity contribution in [2.24, 2.45) is 0 Å². The number of aromatic amines is 1. The Morgan fingerprint density at radius 3 is 3.32 bits per heavy atom. The summed E-state index contributed by atoms with van der Waals surface area (Å²) in [5.41, 5.74) is 0. The van der Waals surface area contributed by atoms with Crippen molar-refractivity contribution < 1.29 is 4.79 Å². The first-order valence-corrected chi connectivity index (χ1v) is 8.02. The van der Waals surface area contributed by atoms with Crippen molar-refractivity contribution >= 4 is 29.0 Å². The number of likely N-dealkylation sites (tertiary alicyclic amines) is 1. The monoisotopic (exact) mass is 294 g/mol. The van der Waals surface area contributed by atoms with Crippen LogP contribution < -0.4 is 0 Å². The zero-order valence-electron chi connectivity index (χ0n) is 10.3. The van der Waals surface area contributed by atoms with Gasteiger partial charge in [0.05, 0.1) is 11.8 Å². The molecule has 1 amide bonds. The van der Waals surface area contributed by atoms with Crippen molar-refractivity contribution in [1.82, 2.24) is 20.1 Å². The number of thiophene rings is 1. The average molecular weight is 294 g/mol. The maximum Gasteiger partial charge on any atom is 0.233 e. The lowest BCUT2D eigenvalue weighted by atomic mass is 10.2.